The van der Waals surface area contributed by atoms with Gasteiger partial charge in [0.2, 0.25) is 0 Å². The zero-order valence-electron chi connectivity index (χ0n) is 15.5. The lowest BCUT2D eigenvalue weighted by Gasteiger charge is -2.36. The van der Waals surface area contributed by atoms with Crippen LogP contribution in [0.3, 0.4) is 0 Å². The van der Waals surface area contributed by atoms with E-state index in [4.69, 9.17) is 9.16 Å². The molecule has 0 bridgehead atoms. The predicted octanol–water partition coefficient (Wildman–Crippen LogP) is 3.02. The molecule has 1 N–H and O–H groups in total. The number of rotatable bonds is 4. The molecule has 6 nitrogen and oxygen atoms in total. The molecular weight excluding hydrogens is 369 g/mol. The van der Waals surface area contributed by atoms with E-state index in [1.165, 1.54) is 0 Å². The highest BCUT2D eigenvalue weighted by Gasteiger charge is 2.52. The maximum Gasteiger partial charge on any atom is 0.396 e. The summed E-state index contributed by atoms with van der Waals surface area (Å²) in [5, 5.41) is -0.0791. The molecule has 1 unspecified atom stereocenters. The van der Waals surface area contributed by atoms with Crippen LogP contribution in [0.2, 0.25) is 18.1 Å². The van der Waals surface area contributed by atoms with Crippen LogP contribution in [-0.4, -0.2) is 36.8 Å². The smallest absolute Gasteiger partial charge is 0.396 e. The Bertz CT molecular complexity index is 751. The first-order valence-corrected chi connectivity index (χ1v) is 11.3. The second-order valence-corrected chi connectivity index (χ2v) is 12.9. The monoisotopic (exact) mass is 394 g/mol. The van der Waals surface area contributed by atoms with Crippen LogP contribution >= 0.6 is 0 Å². The Balaban J connectivity index is 2.22. The van der Waals surface area contributed by atoms with Gasteiger partial charge in [-0.2, -0.15) is 13.2 Å². The quantitative estimate of drug-likeness (QED) is 0.797. The molecule has 0 aliphatic carbocycles. The molecule has 2 heterocycles. The summed E-state index contributed by atoms with van der Waals surface area (Å²) < 4.78 is 52.6. The molecule has 0 amide bonds. The van der Waals surface area contributed by atoms with E-state index in [0.29, 0.717) is 0 Å². The van der Waals surface area contributed by atoms with E-state index in [1.54, 1.807) is 0 Å². The summed E-state index contributed by atoms with van der Waals surface area (Å²) in [6, 6.07) is 0.998. The Kier molecular flexibility index (Phi) is 5.61. The maximum atomic E-state index is 13.4. The highest BCUT2D eigenvalue weighted by molar-refractivity contribution is 6.74. The lowest BCUT2D eigenvalue weighted by atomic mass is 10.0. The van der Waals surface area contributed by atoms with Crippen LogP contribution in [0.25, 0.3) is 0 Å². The molecule has 148 valence electrons. The average Bonchev–Trinajstić information content (AvgIpc) is 2.88. The van der Waals surface area contributed by atoms with Gasteiger partial charge in [-0.25, -0.2) is 4.79 Å². The topological polar surface area (TPSA) is 73.3 Å². The molecule has 0 spiro atoms. The summed E-state index contributed by atoms with van der Waals surface area (Å²) in [5.74, 6) is -1.85. The molecule has 1 aliphatic rings. The van der Waals surface area contributed by atoms with Gasteiger partial charge in [0.25, 0.3) is 5.56 Å². The summed E-state index contributed by atoms with van der Waals surface area (Å²) in [6.45, 7) is 10.2. The first-order valence-electron chi connectivity index (χ1n) is 8.40. The fraction of sp³-hybridized carbons (Fsp3) is 0.750. The number of aromatic amines is 1. The van der Waals surface area contributed by atoms with Crippen molar-refractivity contribution < 1.29 is 22.3 Å². The van der Waals surface area contributed by atoms with Crippen LogP contribution in [0.1, 0.15) is 33.4 Å². The number of ether oxygens (including phenoxy) is 1. The zero-order valence-corrected chi connectivity index (χ0v) is 16.5. The van der Waals surface area contributed by atoms with Crippen molar-refractivity contribution in [1.29, 1.82) is 0 Å². The van der Waals surface area contributed by atoms with E-state index in [0.717, 1.165) is 16.8 Å². The Morgan fingerprint density at radius 3 is 2.42 bits per heavy atom. The molecular formula is C16H25F3N2O4Si. The number of hydrogen-bond donors (Lipinski definition) is 1. The minimum Gasteiger partial charge on any atom is -0.414 e. The summed E-state index contributed by atoms with van der Waals surface area (Å²) >= 11 is 0. The first kappa shape index (κ1) is 20.9. The van der Waals surface area contributed by atoms with Gasteiger partial charge in [-0.3, -0.25) is 14.3 Å². The van der Waals surface area contributed by atoms with E-state index in [2.05, 4.69) is 0 Å². The van der Waals surface area contributed by atoms with E-state index in [9.17, 15) is 22.8 Å². The number of aromatic nitrogens is 2. The zero-order chi connectivity index (χ0) is 19.9. The molecule has 0 saturated carbocycles. The van der Waals surface area contributed by atoms with E-state index >= 15 is 0 Å². The van der Waals surface area contributed by atoms with E-state index in [1.807, 2.05) is 38.8 Å². The lowest BCUT2D eigenvalue weighted by Crippen LogP contribution is -2.42. The maximum absolute atomic E-state index is 13.4. The lowest BCUT2D eigenvalue weighted by molar-refractivity contribution is -0.198. The largest absolute Gasteiger partial charge is 0.414 e. The van der Waals surface area contributed by atoms with Gasteiger partial charge < -0.3 is 9.16 Å². The Morgan fingerprint density at radius 1 is 1.31 bits per heavy atom. The predicted molar refractivity (Wildman–Crippen MR) is 92.5 cm³/mol. The number of hydrogen-bond acceptors (Lipinski definition) is 4. The van der Waals surface area contributed by atoms with Crippen molar-refractivity contribution in [3.05, 3.63) is 33.1 Å². The van der Waals surface area contributed by atoms with Crippen molar-refractivity contribution >= 4 is 8.32 Å². The van der Waals surface area contributed by atoms with Crippen LogP contribution in [0, 0.1) is 5.92 Å². The van der Waals surface area contributed by atoms with E-state index in [-0.39, 0.29) is 18.1 Å². The fourth-order valence-corrected chi connectivity index (χ4v) is 3.59. The Labute approximate surface area is 150 Å². The van der Waals surface area contributed by atoms with E-state index < -0.39 is 44.0 Å². The van der Waals surface area contributed by atoms with Gasteiger partial charge in [-0.1, -0.05) is 20.8 Å². The van der Waals surface area contributed by atoms with Crippen molar-refractivity contribution in [2.75, 3.05) is 6.61 Å². The van der Waals surface area contributed by atoms with Gasteiger partial charge in [-0.05, 0) is 24.6 Å². The molecule has 1 aromatic rings. The first-order chi connectivity index (χ1) is 11.7. The second kappa shape index (κ2) is 6.97. The third-order valence-corrected chi connectivity index (χ3v) is 9.68. The highest BCUT2D eigenvalue weighted by Crippen LogP contribution is 2.45. The summed E-state index contributed by atoms with van der Waals surface area (Å²) in [5.41, 5.74) is -1.60. The molecule has 0 aromatic carbocycles. The highest BCUT2D eigenvalue weighted by atomic mass is 28.4. The minimum atomic E-state index is -4.54. The van der Waals surface area contributed by atoms with Crippen molar-refractivity contribution in [2.45, 2.75) is 63.8 Å². The molecule has 1 fully saturated rings. The number of H-pyrrole nitrogens is 1. The van der Waals surface area contributed by atoms with Gasteiger partial charge in [0.1, 0.15) is 12.1 Å². The molecule has 1 saturated heterocycles. The second-order valence-electron chi connectivity index (χ2n) is 8.12. The molecule has 1 aromatic heterocycles. The number of nitrogens with one attached hydrogen (secondary N) is 1. The van der Waals surface area contributed by atoms with Crippen molar-refractivity contribution in [1.82, 2.24) is 9.55 Å². The Morgan fingerprint density at radius 2 is 1.92 bits per heavy atom. The number of alkyl halides is 3. The van der Waals surface area contributed by atoms with Gasteiger partial charge in [0.05, 0.1) is 12.7 Å². The number of halogens is 3. The molecule has 10 heteroatoms. The van der Waals surface area contributed by atoms with Crippen LogP contribution in [-0.2, 0) is 9.16 Å². The SMILES string of the molecule is CC(C)(C)[Si](C)(C)OC[C@@H]1C[C@H](C(F)(F)F)C(n2ccc(=O)[nH]c2=O)O1. The van der Waals surface area contributed by atoms with Crippen LogP contribution in [0.4, 0.5) is 13.2 Å². The number of nitrogens with zero attached hydrogens (tertiary/aromatic N) is 1. The third-order valence-electron chi connectivity index (χ3n) is 5.17. The van der Waals surface area contributed by atoms with Crippen LogP contribution < -0.4 is 11.2 Å². The van der Waals surface area contributed by atoms with Crippen molar-refractivity contribution in [3.8, 4) is 0 Å². The standard InChI is InChI=1S/C16H25F3N2O4Si/c1-15(2,3)26(4,5)24-9-10-8-11(16(17,18)19)13(25-10)21-7-6-12(22)20-14(21)23/h6-7,10-11,13H,8-9H2,1-5H3,(H,20,22,23)/t10-,11-,13?/m0/s1. The van der Waals surface area contributed by atoms with Gasteiger partial charge in [-0.15, -0.1) is 0 Å². The van der Waals surface area contributed by atoms with Gasteiger partial charge in [0.15, 0.2) is 8.32 Å². The van der Waals surface area contributed by atoms with Gasteiger partial charge >= 0.3 is 11.9 Å². The normalized spacial score (nSPS) is 24.8. The Hall–Kier alpha value is -1.39. The molecule has 2 rings (SSSR count). The molecule has 3 atom stereocenters. The summed E-state index contributed by atoms with van der Waals surface area (Å²) in [6.07, 6.45) is -6.10. The van der Waals surface area contributed by atoms with Crippen LogP contribution in [0.5, 0.6) is 0 Å². The molecule has 26 heavy (non-hydrogen) atoms. The fourth-order valence-electron chi connectivity index (χ4n) is 2.55. The van der Waals surface area contributed by atoms with Gasteiger partial charge in [0, 0.05) is 12.3 Å². The van der Waals surface area contributed by atoms with Crippen molar-refractivity contribution in [3.63, 3.8) is 0 Å². The molecule has 0 radical (unpaired) electrons. The third kappa shape index (κ3) is 4.47. The van der Waals surface area contributed by atoms with Crippen molar-refractivity contribution in [2.24, 2.45) is 5.92 Å². The average molecular weight is 394 g/mol. The summed E-state index contributed by atoms with van der Waals surface area (Å²) in [7, 11) is -2.14. The summed E-state index contributed by atoms with van der Waals surface area (Å²) in [4.78, 5) is 25.0. The van der Waals surface area contributed by atoms with Crippen LogP contribution in [0.15, 0.2) is 21.9 Å². The minimum absolute atomic E-state index is 0.0394. The molecule has 1 aliphatic heterocycles.